The third kappa shape index (κ3) is 6.47. The van der Waals surface area contributed by atoms with E-state index in [0.29, 0.717) is 12.1 Å². The number of anilines is 1. The molecule has 0 atom stereocenters. The number of fused-ring (bicyclic) bond motifs is 1. The molecule has 0 unspecified atom stereocenters. The van der Waals surface area contributed by atoms with E-state index in [1.165, 1.54) is 12.1 Å². The Hall–Kier alpha value is -4.63. The zero-order chi connectivity index (χ0) is 29.7. The molecule has 8 nitrogen and oxygen atoms in total. The SMILES string of the molecule is CCCCc1nc2ccc(N(C)C)cc2n1Cc1ccc(-c2ccccc2OC(=O)NS(=O)(=O)c2ccccc2)cc1. The molecule has 4 aromatic carbocycles. The van der Waals surface area contributed by atoms with Gasteiger partial charge >= 0.3 is 6.09 Å². The van der Waals surface area contributed by atoms with Crippen molar-refractivity contribution in [2.75, 3.05) is 19.0 Å². The maximum absolute atomic E-state index is 12.6. The molecule has 5 aromatic rings. The Bertz CT molecular complexity index is 1800. The molecule has 0 spiro atoms. The van der Waals surface area contributed by atoms with Crippen LogP contribution in [0.4, 0.5) is 10.5 Å². The Morgan fingerprint density at radius 3 is 2.36 bits per heavy atom. The van der Waals surface area contributed by atoms with Crippen LogP contribution >= 0.6 is 0 Å². The van der Waals surface area contributed by atoms with Gasteiger partial charge in [0.25, 0.3) is 10.0 Å². The number of aryl methyl sites for hydroxylation is 1. The van der Waals surface area contributed by atoms with Crippen molar-refractivity contribution in [3.63, 3.8) is 0 Å². The summed E-state index contributed by atoms with van der Waals surface area (Å²) in [4.78, 5) is 19.6. The van der Waals surface area contributed by atoms with Crippen LogP contribution in [0.5, 0.6) is 5.75 Å². The quantitative estimate of drug-likeness (QED) is 0.199. The first kappa shape index (κ1) is 28.9. The van der Waals surface area contributed by atoms with E-state index in [2.05, 4.69) is 46.7 Å². The van der Waals surface area contributed by atoms with Crippen LogP contribution < -0.4 is 14.4 Å². The van der Waals surface area contributed by atoms with Crippen LogP contribution in [0.15, 0.2) is 102 Å². The molecule has 1 aromatic heterocycles. The fourth-order valence-corrected chi connectivity index (χ4v) is 5.69. The number of ether oxygens (including phenoxy) is 1. The summed E-state index contributed by atoms with van der Waals surface area (Å²) in [5, 5.41) is 0. The minimum Gasteiger partial charge on any atom is -0.409 e. The highest BCUT2D eigenvalue weighted by Gasteiger charge is 2.20. The number of para-hydroxylation sites is 1. The number of amides is 1. The number of benzene rings is 4. The molecule has 0 aliphatic rings. The number of imidazole rings is 1. The predicted octanol–water partition coefficient (Wildman–Crippen LogP) is 6.64. The fraction of sp³-hybridized carbons (Fsp3) is 0.212. The number of nitrogens with zero attached hydrogens (tertiary/aromatic N) is 3. The van der Waals surface area contributed by atoms with Crippen LogP contribution in [0.2, 0.25) is 0 Å². The zero-order valence-electron chi connectivity index (χ0n) is 23.9. The first-order chi connectivity index (χ1) is 20.2. The third-order valence-corrected chi connectivity index (χ3v) is 8.38. The Morgan fingerprint density at radius 2 is 1.64 bits per heavy atom. The van der Waals surface area contributed by atoms with Crippen LogP contribution in [0.25, 0.3) is 22.2 Å². The van der Waals surface area contributed by atoms with Crippen LogP contribution in [0, 0.1) is 0 Å². The van der Waals surface area contributed by atoms with Gasteiger partial charge in [0.1, 0.15) is 11.6 Å². The second-order valence-corrected chi connectivity index (χ2v) is 12.0. The van der Waals surface area contributed by atoms with Crippen molar-refractivity contribution in [3.05, 3.63) is 108 Å². The molecule has 9 heteroatoms. The van der Waals surface area contributed by atoms with Gasteiger partial charge in [-0.15, -0.1) is 0 Å². The molecule has 0 fully saturated rings. The smallest absolute Gasteiger partial charge is 0.409 e. The Labute approximate surface area is 246 Å². The second kappa shape index (κ2) is 12.5. The largest absolute Gasteiger partial charge is 0.426 e. The summed E-state index contributed by atoms with van der Waals surface area (Å²) < 4.78 is 34.8. The molecule has 0 radical (unpaired) electrons. The molecule has 0 aliphatic carbocycles. The monoisotopic (exact) mass is 582 g/mol. The van der Waals surface area contributed by atoms with Crippen LogP contribution in [0.3, 0.4) is 0 Å². The first-order valence-corrected chi connectivity index (χ1v) is 15.4. The minimum atomic E-state index is -4.06. The van der Waals surface area contributed by atoms with E-state index in [9.17, 15) is 13.2 Å². The van der Waals surface area contributed by atoms with Crippen molar-refractivity contribution in [1.82, 2.24) is 14.3 Å². The van der Waals surface area contributed by atoms with Gasteiger partial charge in [-0.05, 0) is 53.9 Å². The molecule has 1 heterocycles. The number of nitrogens with one attached hydrogen (secondary N) is 1. The Morgan fingerprint density at radius 1 is 0.929 bits per heavy atom. The maximum Gasteiger partial charge on any atom is 0.426 e. The van der Waals surface area contributed by atoms with Crippen molar-refractivity contribution in [3.8, 4) is 16.9 Å². The highest BCUT2D eigenvalue weighted by atomic mass is 32.2. The summed E-state index contributed by atoms with van der Waals surface area (Å²) in [5.41, 5.74) is 5.83. The van der Waals surface area contributed by atoms with Gasteiger partial charge in [0.05, 0.1) is 15.9 Å². The first-order valence-electron chi connectivity index (χ1n) is 13.9. The van der Waals surface area contributed by atoms with Gasteiger partial charge in [-0.2, -0.15) is 0 Å². The molecule has 1 N–H and O–H groups in total. The lowest BCUT2D eigenvalue weighted by atomic mass is 10.0. The van der Waals surface area contributed by atoms with Crippen molar-refractivity contribution < 1.29 is 17.9 Å². The number of rotatable bonds is 10. The highest BCUT2D eigenvalue weighted by Crippen LogP contribution is 2.31. The molecule has 1 amide bonds. The van der Waals surface area contributed by atoms with E-state index in [1.54, 1.807) is 30.3 Å². The molecule has 0 aliphatic heterocycles. The summed E-state index contributed by atoms with van der Waals surface area (Å²) in [7, 11) is 0.0122. The van der Waals surface area contributed by atoms with E-state index in [1.807, 2.05) is 43.1 Å². The molecule has 0 saturated carbocycles. The molecule has 0 bridgehead atoms. The summed E-state index contributed by atoms with van der Waals surface area (Å²) >= 11 is 0. The Kier molecular flexibility index (Phi) is 8.59. The van der Waals surface area contributed by atoms with Gasteiger partial charge in [0.15, 0.2) is 0 Å². The number of sulfonamides is 1. The number of unbranched alkanes of at least 4 members (excludes halogenated alkanes) is 1. The second-order valence-electron chi connectivity index (χ2n) is 10.3. The van der Waals surface area contributed by atoms with Gasteiger partial charge < -0.3 is 14.2 Å². The van der Waals surface area contributed by atoms with E-state index < -0.39 is 16.1 Å². The van der Waals surface area contributed by atoms with E-state index in [-0.39, 0.29) is 10.6 Å². The fourth-order valence-electron chi connectivity index (χ4n) is 4.80. The van der Waals surface area contributed by atoms with Gasteiger partial charge in [0.2, 0.25) is 0 Å². The van der Waals surface area contributed by atoms with E-state index in [4.69, 9.17) is 9.72 Å². The number of aromatic nitrogens is 2. The Balaban J connectivity index is 1.37. The lowest BCUT2D eigenvalue weighted by Gasteiger charge is -2.14. The molecular formula is C33H34N4O4S. The van der Waals surface area contributed by atoms with Crippen molar-refractivity contribution >= 4 is 32.8 Å². The third-order valence-electron chi connectivity index (χ3n) is 7.05. The topological polar surface area (TPSA) is 93.5 Å². The minimum absolute atomic E-state index is 0.0210. The van der Waals surface area contributed by atoms with Crippen LogP contribution in [0.1, 0.15) is 31.2 Å². The normalized spacial score (nSPS) is 11.4. The molecule has 42 heavy (non-hydrogen) atoms. The van der Waals surface area contributed by atoms with Gasteiger partial charge in [-0.1, -0.05) is 74.0 Å². The zero-order valence-corrected chi connectivity index (χ0v) is 24.8. The molecule has 216 valence electrons. The lowest BCUT2D eigenvalue weighted by Crippen LogP contribution is -2.33. The lowest BCUT2D eigenvalue weighted by molar-refractivity contribution is 0.207. The predicted molar refractivity (Wildman–Crippen MR) is 166 cm³/mol. The van der Waals surface area contributed by atoms with Crippen LogP contribution in [-0.2, 0) is 23.0 Å². The summed E-state index contributed by atoms with van der Waals surface area (Å²) in [5.74, 6) is 1.33. The highest BCUT2D eigenvalue weighted by molar-refractivity contribution is 7.90. The van der Waals surface area contributed by atoms with Gasteiger partial charge in [0, 0.05) is 38.3 Å². The van der Waals surface area contributed by atoms with Crippen molar-refractivity contribution in [2.24, 2.45) is 0 Å². The van der Waals surface area contributed by atoms with Crippen molar-refractivity contribution in [1.29, 1.82) is 0 Å². The summed E-state index contributed by atoms with van der Waals surface area (Å²) in [6.07, 6.45) is 2.00. The van der Waals surface area contributed by atoms with E-state index >= 15 is 0 Å². The maximum atomic E-state index is 12.6. The van der Waals surface area contributed by atoms with Gasteiger partial charge in [-0.25, -0.2) is 22.9 Å². The summed E-state index contributed by atoms with van der Waals surface area (Å²) in [6.45, 7) is 2.86. The molecule has 0 saturated heterocycles. The molecular weight excluding hydrogens is 548 g/mol. The average molecular weight is 583 g/mol. The average Bonchev–Trinajstić information content (AvgIpc) is 3.33. The number of hydrogen-bond donors (Lipinski definition) is 1. The summed E-state index contributed by atoms with van der Waals surface area (Å²) in [6, 6.07) is 29.1. The van der Waals surface area contributed by atoms with Crippen molar-refractivity contribution in [2.45, 2.75) is 37.6 Å². The standard InChI is InChI=1S/C33H34N4O4S/c1-4-5-15-32-34-29-21-20-26(36(2)3)22-30(29)37(32)23-24-16-18-25(19-17-24)28-13-9-10-14-31(28)41-33(38)35-42(39,40)27-11-7-6-8-12-27/h6-14,16-22H,4-5,15,23H2,1-3H3,(H,35,38). The number of carbonyl (C=O) groups excluding carboxylic acids is 1. The van der Waals surface area contributed by atoms with Crippen LogP contribution in [-0.4, -0.2) is 38.2 Å². The van der Waals surface area contributed by atoms with E-state index in [0.717, 1.165) is 52.9 Å². The molecule has 5 rings (SSSR count). The van der Waals surface area contributed by atoms with Gasteiger partial charge in [-0.3, -0.25) is 0 Å². The number of hydrogen-bond acceptors (Lipinski definition) is 6. The number of carbonyl (C=O) groups is 1.